The second-order valence-corrected chi connectivity index (χ2v) is 4.59. The minimum atomic E-state index is 0.275. The first kappa shape index (κ1) is 12.9. The number of nitrogens with two attached hydrogens (primary N) is 1. The van der Waals surface area contributed by atoms with Gasteiger partial charge < -0.3 is 10.5 Å². The van der Waals surface area contributed by atoms with E-state index in [4.69, 9.17) is 10.5 Å². The van der Waals surface area contributed by atoms with Gasteiger partial charge in [-0.1, -0.05) is 13.3 Å². The lowest BCUT2D eigenvalue weighted by Gasteiger charge is -2.36. The minimum Gasteiger partial charge on any atom is -0.385 e. The molecule has 0 saturated carbocycles. The molecule has 1 saturated heterocycles. The van der Waals surface area contributed by atoms with Gasteiger partial charge in [0.25, 0.3) is 0 Å². The highest BCUT2D eigenvalue weighted by Gasteiger charge is 2.21. The number of hydrogen-bond donors (Lipinski definition) is 1. The molecule has 0 bridgehead atoms. The van der Waals surface area contributed by atoms with Crippen LogP contribution in [0.4, 0.5) is 0 Å². The average Bonchev–Trinajstić information content (AvgIpc) is 2.27. The molecular weight excluding hydrogens is 188 g/mol. The van der Waals surface area contributed by atoms with Crippen molar-refractivity contribution >= 4 is 0 Å². The van der Waals surface area contributed by atoms with E-state index >= 15 is 0 Å². The van der Waals surface area contributed by atoms with Crippen LogP contribution >= 0.6 is 0 Å². The summed E-state index contributed by atoms with van der Waals surface area (Å²) in [6.07, 6.45) is 6.32. The molecule has 2 unspecified atom stereocenters. The molecule has 2 N–H and O–H groups in total. The molecule has 1 fully saturated rings. The van der Waals surface area contributed by atoms with E-state index < -0.39 is 0 Å². The van der Waals surface area contributed by atoms with Gasteiger partial charge >= 0.3 is 0 Å². The van der Waals surface area contributed by atoms with Crippen LogP contribution in [-0.2, 0) is 4.74 Å². The lowest BCUT2D eigenvalue weighted by molar-refractivity contribution is 0.123. The number of ether oxygens (including phenoxy) is 1. The molecule has 1 aliphatic heterocycles. The van der Waals surface area contributed by atoms with Crippen LogP contribution in [0, 0.1) is 0 Å². The summed E-state index contributed by atoms with van der Waals surface area (Å²) in [6, 6.07) is 1.05. The SMILES string of the molecule is CCC1CCCCN1CC(N)CCOC. The van der Waals surface area contributed by atoms with E-state index in [1.807, 2.05) is 0 Å². The van der Waals surface area contributed by atoms with Gasteiger partial charge in [-0.2, -0.15) is 0 Å². The Hall–Kier alpha value is -0.120. The molecule has 0 aromatic carbocycles. The Labute approximate surface area is 94.0 Å². The Morgan fingerprint density at radius 1 is 1.47 bits per heavy atom. The molecule has 0 amide bonds. The molecule has 1 heterocycles. The highest BCUT2D eigenvalue weighted by Crippen LogP contribution is 2.19. The van der Waals surface area contributed by atoms with Crippen LogP contribution < -0.4 is 5.73 Å². The van der Waals surface area contributed by atoms with Gasteiger partial charge in [0.15, 0.2) is 0 Å². The second kappa shape index (κ2) is 7.20. The molecule has 1 aliphatic rings. The van der Waals surface area contributed by atoms with Crippen LogP contribution in [0.1, 0.15) is 39.0 Å². The third-order valence-corrected chi connectivity index (χ3v) is 3.38. The lowest BCUT2D eigenvalue weighted by Crippen LogP contribution is -2.46. The van der Waals surface area contributed by atoms with Gasteiger partial charge in [0.05, 0.1) is 0 Å². The fourth-order valence-electron chi connectivity index (χ4n) is 2.42. The summed E-state index contributed by atoms with van der Waals surface area (Å²) in [5.41, 5.74) is 6.09. The molecule has 3 nitrogen and oxygen atoms in total. The summed E-state index contributed by atoms with van der Waals surface area (Å²) in [6.45, 7) is 5.34. The van der Waals surface area contributed by atoms with Crippen molar-refractivity contribution in [1.29, 1.82) is 0 Å². The van der Waals surface area contributed by atoms with Crippen LogP contribution in [0.2, 0.25) is 0 Å². The van der Waals surface area contributed by atoms with Crippen molar-refractivity contribution in [2.45, 2.75) is 51.1 Å². The van der Waals surface area contributed by atoms with Crippen molar-refractivity contribution in [3.8, 4) is 0 Å². The van der Waals surface area contributed by atoms with Crippen molar-refractivity contribution < 1.29 is 4.74 Å². The van der Waals surface area contributed by atoms with Gasteiger partial charge in [-0.3, -0.25) is 4.90 Å². The van der Waals surface area contributed by atoms with Crippen LogP contribution in [0.15, 0.2) is 0 Å². The maximum Gasteiger partial charge on any atom is 0.0477 e. The summed E-state index contributed by atoms with van der Waals surface area (Å²) in [5.74, 6) is 0. The van der Waals surface area contributed by atoms with Gasteiger partial charge in [-0.05, 0) is 32.2 Å². The van der Waals surface area contributed by atoms with E-state index in [1.165, 1.54) is 32.2 Å². The Kier molecular flexibility index (Phi) is 6.22. The Morgan fingerprint density at radius 2 is 2.27 bits per heavy atom. The fraction of sp³-hybridized carbons (Fsp3) is 1.00. The third kappa shape index (κ3) is 4.49. The predicted octanol–water partition coefficient (Wildman–Crippen LogP) is 1.61. The molecule has 90 valence electrons. The zero-order chi connectivity index (χ0) is 11.1. The van der Waals surface area contributed by atoms with Crippen molar-refractivity contribution in [3.05, 3.63) is 0 Å². The molecule has 0 aromatic heterocycles. The quantitative estimate of drug-likeness (QED) is 0.730. The van der Waals surface area contributed by atoms with Crippen LogP contribution in [-0.4, -0.2) is 43.8 Å². The van der Waals surface area contributed by atoms with E-state index in [0.29, 0.717) is 0 Å². The summed E-state index contributed by atoms with van der Waals surface area (Å²) in [5, 5.41) is 0. The third-order valence-electron chi connectivity index (χ3n) is 3.38. The molecule has 0 aliphatic carbocycles. The minimum absolute atomic E-state index is 0.275. The predicted molar refractivity (Wildman–Crippen MR) is 64.0 cm³/mol. The van der Waals surface area contributed by atoms with Gasteiger partial charge in [-0.15, -0.1) is 0 Å². The fourth-order valence-corrected chi connectivity index (χ4v) is 2.42. The Bertz CT molecular complexity index is 164. The monoisotopic (exact) mass is 214 g/mol. The first-order valence-corrected chi connectivity index (χ1v) is 6.26. The van der Waals surface area contributed by atoms with Gasteiger partial charge in [0.2, 0.25) is 0 Å². The standard InChI is InChI=1S/C12H26N2O/c1-3-12-6-4-5-8-14(12)10-11(13)7-9-15-2/h11-12H,3-10,13H2,1-2H3. The number of likely N-dealkylation sites (tertiary alicyclic amines) is 1. The van der Waals surface area contributed by atoms with E-state index in [0.717, 1.165) is 25.6 Å². The summed E-state index contributed by atoms with van der Waals surface area (Å²) >= 11 is 0. The van der Waals surface area contributed by atoms with E-state index in [2.05, 4.69) is 11.8 Å². The normalized spacial score (nSPS) is 25.4. The Balaban J connectivity index is 2.27. The van der Waals surface area contributed by atoms with E-state index in [1.54, 1.807) is 7.11 Å². The summed E-state index contributed by atoms with van der Waals surface area (Å²) in [7, 11) is 1.74. The van der Waals surface area contributed by atoms with Crippen LogP contribution in [0.25, 0.3) is 0 Å². The van der Waals surface area contributed by atoms with Gasteiger partial charge in [-0.25, -0.2) is 0 Å². The van der Waals surface area contributed by atoms with Crippen LogP contribution in [0.5, 0.6) is 0 Å². The topological polar surface area (TPSA) is 38.5 Å². The molecule has 0 spiro atoms. The van der Waals surface area contributed by atoms with Crippen molar-refractivity contribution in [2.75, 3.05) is 26.8 Å². The maximum absolute atomic E-state index is 6.09. The molecule has 0 radical (unpaired) electrons. The van der Waals surface area contributed by atoms with Gasteiger partial charge in [0, 0.05) is 32.3 Å². The lowest BCUT2D eigenvalue weighted by atomic mass is 9.99. The molecule has 1 rings (SSSR count). The molecular formula is C12H26N2O. The molecule has 2 atom stereocenters. The highest BCUT2D eigenvalue weighted by molar-refractivity contribution is 4.79. The number of hydrogen-bond acceptors (Lipinski definition) is 3. The average molecular weight is 214 g/mol. The molecule has 15 heavy (non-hydrogen) atoms. The smallest absolute Gasteiger partial charge is 0.0477 e. The summed E-state index contributed by atoms with van der Waals surface area (Å²) < 4.78 is 5.06. The molecule has 0 aromatic rings. The van der Waals surface area contributed by atoms with Gasteiger partial charge in [0.1, 0.15) is 0 Å². The zero-order valence-corrected chi connectivity index (χ0v) is 10.2. The van der Waals surface area contributed by atoms with Crippen LogP contribution in [0.3, 0.4) is 0 Å². The van der Waals surface area contributed by atoms with E-state index in [-0.39, 0.29) is 6.04 Å². The van der Waals surface area contributed by atoms with Crippen molar-refractivity contribution in [2.24, 2.45) is 5.73 Å². The maximum atomic E-state index is 6.09. The van der Waals surface area contributed by atoms with E-state index in [9.17, 15) is 0 Å². The first-order valence-electron chi connectivity index (χ1n) is 6.26. The highest BCUT2D eigenvalue weighted by atomic mass is 16.5. The van der Waals surface area contributed by atoms with Crippen molar-refractivity contribution in [1.82, 2.24) is 4.90 Å². The second-order valence-electron chi connectivity index (χ2n) is 4.59. The van der Waals surface area contributed by atoms with Crippen molar-refractivity contribution in [3.63, 3.8) is 0 Å². The number of nitrogens with zero attached hydrogens (tertiary/aromatic N) is 1. The zero-order valence-electron chi connectivity index (χ0n) is 10.2. The number of piperidine rings is 1. The largest absolute Gasteiger partial charge is 0.385 e. The number of rotatable bonds is 6. The number of methoxy groups -OCH3 is 1. The molecule has 3 heteroatoms. The first-order chi connectivity index (χ1) is 7.27. The summed E-state index contributed by atoms with van der Waals surface area (Å²) in [4.78, 5) is 2.57. The Morgan fingerprint density at radius 3 is 2.93 bits per heavy atom.